The number of carbonyl (C=O) groups excluding carboxylic acids is 1. The van der Waals surface area contributed by atoms with E-state index < -0.39 is 0 Å². The fourth-order valence-electron chi connectivity index (χ4n) is 1.47. The van der Waals surface area contributed by atoms with Gasteiger partial charge in [-0.2, -0.15) is 0 Å². The summed E-state index contributed by atoms with van der Waals surface area (Å²) in [6.45, 7) is 8.50. The second-order valence-corrected chi connectivity index (χ2v) is 5.03. The first-order valence-electron chi connectivity index (χ1n) is 5.45. The molecule has 0 fully saturated rings. The van der Waals surface area contributed by atoms with E-state index in [-0.39, 0.29) is 17.9 Å². The molecule has 0 aromatic heterocycles. The Morgan fingerprint density at radius 3 is 2.44 bits per heavy atom. The lowest BCUT2D eigenvalue weighted by Crippen LogP contribution is -2.22. The van der Waals surface area contributed by atoms with Crippen LogP contribution in [0.3, 0.4) is 0 Å². The molecule has 16 heavy (non-hydrogen) atoms. The van der Waals surface area contributed by atoms with E-state index in [9.17, 15) is 4.79 Å². The largest absolute Gasteiger partial charge is 0.325 e. The first-order chi connectivity index (χ1) is 7.34. The van der Waals surface area contributed by atoms with Gasteiger partial charge < -0.3 is 11.1 Å². The van der Waals surface area contributed by atoms with E-state index in [1.807, 2.05) is 19.1 Å². The molecule has 0 saturated carbocycles. The summed E-state index contributed by atoms with van der Waals surface area (Å²) in [4.78, 5) is 11.2. The van der Waals surface area contributed by atoms with E-state index in [1.54, 1.807) is 0 Å². The minimum absolute atomic E-state index is 0.0143. The summed E-state index contributed by atoms with van der Waals surface area (Å²) >= 11 is 0. The van der Waals surface area contributed by atoms with Crippen molar-refractivity contribution in [2.45, 2.75) is 33.1 Å². The second-order valence-electron chi connectivity index (χ2n) is 5.03. The van der Waals surface area contributed by atoms with Gasteiger partial charge in [-0.3, -0.25) is 4.79 Å². The number of hydrogen-bond acceptors (Lipinski definition) is 2. The number of aryl methyl sites for hydroxylation is 1. The standard InChI is InChI=1S/C13H20N2O/c1-9-7-10(13(2,3)4)5-6-11(9)15-12(16)8-14/h5-7H,8,14H2,1-4H3,(H,15,16). The average molecular weight is 220 g/mol. The molecule has 0 heterocycles. The zero-order valence-corrected chi connectivity index (χ0v) is 10.4. The summed E-state index contributed by atoms with van der Waals surface area (Å²) in [5, 5.41) is 2.77. The van der Waals surface area contributed by atoms with Crippen molar-refractivity contribution in [1.82, 2.24) is 0 Å². The van der Waals surface area contributed by atoms with Gasteiger partial charge in [-0.15, -0.1) is 0 Å². The number of hydrogen-bond donors (Lipinski definition) is 2. The van der Waals surface area contributed by atoms with Gasteiger partial charge in [-0.25, -0.2) is 0 Å². The Morgan fingerprint density at radius 2 is 2.00 bits per heavy atom. The van der Waals surface area contributed by atoms with Crippen LogP contribution in [0.2, 0.25) is 0 Å². The predicted molar refractivity (Wildman–Crippen MR) is 67.6 cm³/mol. The molecule has 0 atom stereocenters. The number of nitrogens with one attached hydrogen (secondary N) is 1. The Balaban J connectivity index is 2.96. The van der Waals surface area contributed by atoms with Crippen LogP contribution in [0.4, 0.5) is 5.69 Å². The van der Waals surface area contributed by atoms with Crippen LogP contribution in [0.5, 0.6) is 0 Å². The number of nitrogens with two attached hydrogens (primary N) is 1. The fraction of sp³-hybridized carbons (Fsp3) is 0.462. The molecule has 0 aliphatic rings. The molecule has 3 nitrogen and oxygen atoms in total. The molecule has 1 aromatic carbocycles. The first kappa shape index (κ1) is 12.7. The zero-order chi connectivity index (χ0) is 12.3. The van der Waals surface area contributed by atoms with E-state index >= 15 is 0 Å². The highest BCUT2D eigenvalue weighted by atomic mass is 16.1. The Hall–Kier alpha value is -1.35. The summed E-state index contributed by atoms with van der Waals surface area (Å²) < 4.78 is 0. The predicted octanol–water partition coefficient (Wildman–Crippen LogP) is 2.19. The van der Waals surface area contributed by atoms with Crippen molar-refractivity contribution in [2.24, 2.45) is 5.73 Å². The maximum absolute atomic E-state index is 11.2. The Kier molecular flexibility index (Phi) is 3.70. The quantitative estimate of drug-likeness (QED) is 0.802. The minimum atomic E-state index is -0.161. The molecule has 3 heteroatoms. The number of rotatable bonds is 2. The van der Waals surface area contributed by atoms with Crippen LogP contribution in [0.25, 0.3) is 0 Å². The van der Waals surface area contributed by atoms with E-state index in [2.05, 4.69) is 32.2 Å². The van der Waals surface area contributed by atoms with Crippen molar-refractivity contribution < 1.29 is 4.79 Å². The van der Waals surface area contributed by atoms with Gasteiger partial charge in [0.2, 0.25) is 5.91 Å². The molecule has 0 bridgehead atoms. The van der Waals surface area contributed by atoms with Gasteiger partial charge in [0.25, 0.3) is 0 Å². The average Bonchev–Trinajstić information content (AvgIpc) is 2.19. The third-order valence-corrected chi connectivity index (χ3v) is 2.55. The highest BCUT2D eigenvalue weighted by Crippen LogP contribution is 2.26. The van der Waals surface area contributed by atoms with Gasteiger partial charge in [0.05, 0.1) is 6.54 Å². The van der Waals surface area contributed by atoms with Gasteiger partial charge >= 0.3 is 0 Å². The van der Waals surface area contributed by atoms with Crippen LogP contribution < -0.4 is 11.1 Å². The van der Waals surface area contributed by atoms with Crippen LogP contribution in [-0.2, 0) is 10.2 Å². The summed E-state index contributed by atoms with van der Waals surface area (Å²) in [6.07, 6.45) is 0. The highest BCUT2D eigenvalue weighted by molar-refractivity contribution is 5.92. The normalized spacial score (nSPS) is 11.3. The lowest BCUT2D eigenvalue weighted by atomic mass is 9.86. The van der Waals surface area contributed by atoms with E-state index in [1.165, 1.54) is 5.56 Å². The van der Waals surface area contributed by atoms with E-state index in [0.29, 0.717) is 0 Å². The lowest BCUT2D eigenvalue weighted by molar-refractivity contribution is -0.114. The smallest absolute Gasteiger partial charge is 0.238 e. The zero-order valence-electron chi connectivity index (χ0n) is 10.4. The Labute approximate surface area is 97.0 Å². The van der Waals surface area contributed by atoms with Crippen LogP contribution >= 0.6 is 0 Å². The number of benzene rings is 1. The van der Waals surface area contributed by atoms with Gasteiger partial charge in [0, 0.05) is 5.69 Å². The molecule has 1 rings (SSSR count). The van der Waals surface area contributed by atoms with Crippen molar-refractivity contribution in [1.29, 1.82) is 0 Å². The molecule has 0 aliphatic heterocycles. The molecule has 0 unspecified atom stereocenters. The van der Waals surface area contributed by atoms with Crippen molar-refractivity contribution in [3.63, 3.8) is 0 Å². The van der Waals surface area contributed by atoms with Gasteiger partial charge in [0.1, 0.15) is 0 Å². The highest BCUT2D eigenvalue weighted by Gasteiger charge is 2.14. The molecule has 1 amide bonds. The number of carbonyl (C=O) groups is 1. The Bertz CT molecular complexity index is 391. The molecule has 88 valence electrons. The van der Waals surface area contributed by atoms with Crippen molar-refractivity contribution in [3.05, 3.63) is 29.3 Å². The first-order valence-corrected chi connectivity index (χ1v) is 5.45. The van der Waals surface area contributed by atoms with Crippen LogP contribution in [0.15, 0.2) is 18.2 Å². The second kappa shape index (κ2) is 4.66. The molecule has 0 radical (unpaired) electrons. The van der Waals surface area contributed by atoms with Crippen molar-refractivity contribution in [2.75, 3.05) is 11.9 Å². The van der Waals surface area contributed by atoms with Crippen LogP contribution in [0, 0.1) is 6.92 Å². The van der Waals surface area contributed by atoms with Crippen molar-refractivity contribution in [3.8, 4) is 0 Å². The van der Waals surface area contributed by atoms with Gasteiger partial charge in [0.15, 0.2) is 0 Å². The molecular weight excluding hydrogens is 200 g/mol. The molecular formula is C13H20N2O. The molecule has 3 N–H and O–H groups in total. The molecule has 1 aromatic rings. The molecule has 0 spiro atoms. The maximum Gasteiger partial charge on any atom is 0.238 e. The van der Waals surface area contributed by atoms with Crippen LogP contribution in [0.1, 0.15) is 31.9 Å². The van der Waals surface area contributed by atoms with E-state index in [0.717, 1.165) is 11.3 Å². The Morgan fingerprint density at radius 1 is 1.38 bits per heavy atom. The molecule has 0 aliphatic carbocycles. The maximum atomic E-state index is 11.2. The topological polar surface area (TPSA) is 55.1 Å². The van der Waals surface area contributed by atoms with Gasteiger partial charge in [-0.1, -0.05) is 32.9 Å². The van der Waals surface area contributed by atoms with E-state index in [4.69, 9.17) is 5.73 Å². The third-order valence-electron chi connectivity index (χ3n) is 2.55. The summed E-state index contributed by atoms with van der Waals surface area (Å²) in [5.74, 6) is -0.161. The van der Waals surface area contributed by atoms with Gasteiger partial charge in [-0.05, 0) is 29.5 Å². The van der Waals surface area contributed by atoms with Crippen LogP contribution in [-0.4, -0.2) is 12.5 Å². The monoisotopic (exact) mass is 220 g/mol. The lowest BCUT2D eigenvalue weighted by Gasteiger charge is -2.20. The number of anilines is 1. The summed E-state index contributed by atoms with van der Waals surface area (Å²) in [7, 11) is 0. The third kappa shape index (κ3) is 3.07. The summed E-state index contributed by atoms with van der Waals surface area (Å²) in [6, 6.07) is 6.08. The SMILES string of the molecule is Cc1cc(C(C)(C)C)ccc1NC(=O)CN. The fourth-order valence-corrected chi connectivity index (χ4v) is 1.47. The van der Waals surface area contributed by atoms with Crippen molar-refractivity contribution >= 4 is 11.6 Å². The molecule has 0 saturated heterocycles. The number of amides is 1. The minimum Gasteiger partial charge on any atom is -0.325 e. The summed E-state index contributed by atoms with van der Waals surface area (Å²) in [5.41, 5.74) is 8.54.